The third-order valence-electron chi connectivity index (χ3n) is 2.66. The molecule has 0 atom stereocenters. The SMILES string of the molecule is CC1(NS(=O)(=O)c2cc([N+](=O)[O-])c(NN)s2)CC1. The van der Waals surface area contributed by atoms with E-state index in [0.29, 0.717) is 0 Å². The fourth-order valence-electron chi connectivity index (χ4n) is 1.40. The van der Waals surface area contributed by atoms with Crippen LogP contribution < -0.4 is 16.0 Å². The lowest BCUT2D eigenvalue weighted by atomic mass is 10.4. The van der Waals surface area contributed by atoms with E-state index in [1.807, 2.05) is 0 Å². The summed E-state index contributed by atoms with van der Waals surface area (Å²) in [5, 5.41) is 10.7. The number of hydrogen-bond acceptors (Lipinski definition) is 7. The van der Waals surface area contributed by atoms with Gasteiger partial charge in [0.05, 0.1) is 4.92 Å². The maximum absolute atomic E-state index is 12.0. The molecule has 4 N–H and O–H groups in total. The first-order chi connectivity index (χ1) is 8.27. The Labute approximate surface area is 107 Å². The number of nitrogens with two attached hydrogens (primary N) is 1. The Kier molecular flexibility index (Phi) is 3.05. The molecule has 1 aliphatic carbocycles. The predicted molar refractivity (Wildman–Crippen MR) is 66.7 cm³/mol. The van der Waals surface area contributed by atoms with Crippen molar-refractivity contribution < 1.29 is 13.3 Å². The van der Waals surface area contributed by atoms with E-state index in [4.69, 9.17) is 5.84 Å². The molecule has 18 heavy (non-hydrogen) atoms. The molecule has 1 fully saturated rings. The Morgan fingerprint density at radius 3 is 2.56 bits per heavy atom. The Morgan fingerprint density at radius 1 is 1.56 bits per heavy atom. The highest BCUT2D eigenvalue weighted by atomic mass is 32.2. The van der Waals surface area contributed by atoms with Crippen LogP contribution in [0.1, 0.15) is 19.8 Å². The summed E-state index contributed by atoms with van der Waals surface area (Å²) < 4.78 is 26.4. The topological polar surface area (TPSA) is 127 Å². The second kappa shape index (κ2) is 4.16. The van der Waals surface area contributed by atoms with Gasteiger partial charge < -0.3 is 5.43 Å². The minimum absolute atomic E-state index is 0.0151. The molecule has 10 heteroatoms. The van der Waals surface area contributed by atoms with Gasteiger partial charge in [-0.1, -0.05) is 11.3 Å². The summed E-state index contributed by atoms with van der Waals surface area (Å²) >= 11 is 0.735. The zero-order chi connectivity index (χ0) is 13.6. The van der Waals surface area contributed by atoms with Gasteiger partial charge in [0.1, 0.15) is 4.21 Å². The molecule has 1 saturated carbocycles. The Morgan fingerprint density at radius 2 is 2.17 bits per heavy atom. The van der Waals surface area contributed by atoms with Crippen LogP contribution in [0.15, 0.2) is 10.3 Å². The summed E-state index contributed by atoms with van der Waals surface area (Å²) in [5.74, 6) is 5.13. The highest BCUT2D eigenvalue weighted by Crippen LogP contribution is 2.40. The molecular weight excluding hydrogens is 280 g/mol. The molecule has 1 aromatic heterocycles. The van der Waals surface area contributed by atoms with Gasteiger partial charge >= 0.3 is 5.69 Å². The number of anilines is 1. The summed E-state index contributed by atoms with van der Waals surface area (Å²) in [4.78, 5) is 10.0. The zero-order valence-corrected chi connectivity index (χ0v) is 11.1. The van der Waals surface area contributed by atoms with Crippen molar-refractivity contribution in [1.29, 1.82) is 0 Å². The highest BCUT2D eigenvalue weighted by molar-refractivity contribution is 7.91. The molecule has 0 unspecified atom stereocenters. The number of sulfonamides is 1. The Hall–Kier alpha value is -1.23. The zero-order valence-electron chi connectivity index (χ0n) is 9.47. The van der Waals surface area contributed by atoms with Crippen molar-refractivity contribution in [3.05, 3.63) is 16.2 Å². The van der Waals surface area contributed by atoms with Crippen LogP contribution in [0.25, 0.3) is 0 Å². The van der Waals surface area contributed by atoms with Crippen LogP contribution in [-0.4, -0.2) is 18.9 Å². The van der Waals surface area contributed by atoms with Gasteiger partial charge in [0.2, 0.25) is 0 Å². The van der Waals surface area contributed by atoms with Gasteiger partial charge in [0, 0.05) is 11.6 Å². The number of nitrogens with one attached hydrogen (secondary N) is 2. The van der Waals surface area contributed by atoms with E-state index in [9.17, 15) is 18.5 Å². The van der Waals surface area contributed by atoms with Crippen LogP contribution in [0.4, 0.5) is 10.7 Å². The van der Waals surface area contributed by atoms with Crippen molar-refractivity contribution in [2.75, 3.05) is 5.43 Å². The standard InChI is InChI=1S/C8H12N4O4S2/c1-8(2-3-8)11-18(15,16)6-4-5(12(13)14)7(10-9)17-6/h4,10-11H,2-3,9H2,1H3. The summed E-state index contributed by atoms with van der Waals surface area (Å²) in [6.45, 7) is 1.79. The van der Waals surface area contributed by atoms with Crippen LogP contribution >= 0.6 is 11.3 Å². The largest absolute Gasteiger partial charge is 0.310 e. The molecular formula is C8H12N4O4S2. The Bertz CT molecular complexity index is 590. The van der Waals surface area contributed by atoms with Gasteiger partial charge in [-0.25, -0.2) is 19.0 Å². The van der Waals surface area contributed by atoms with Crippen molar-refractivity contribution >= 4 is 32.0 Å². The number of thiophene rings is 1. The third-order valence-corrected chi connectivity index (χ3v) is 5.83. The quantitative estimate of drug-likeness (QED) is 0.418. The number of nitro groups is 1. The summed E-state index contributed by atoms with van der Waals surface area (Å²) in [6.07, 6.45) is 1.53. The van der Waals surface area contributed by atoms with E-state index >= 15 is 0 Å². The van der Waals surface area contributed by atoms with Gasteiger partial charge in [0.15, 0.2) is 5.00 Å². The maximum atomic E-state index is 12.0. The number of hydrogen-bond donors (Lipinski definition) is 3. The van der Waals surface area contributed by atoms with Crippen molar-refractivity contribution in [2.45, 2.75) is 29.5 Å². The van der Waals surface area contributed by atoms with Crippen molar-refractivity contribution in [1.82, 2.24) is 4.72 Å². The molecule has 1 heterocycles. The van der Waals surface area contributed by atoms with Crippen molar-refractivity contribution in [3.63, 3.8) is 0 Å². The second-order valence-corrected chi connectivity index (χ2v) is 7.31. The molecule has 8 nitrogen and oxygen atoms in total. The minimum Gasteiger partial charge on any atom is -0.310 e. The average Bonchev–Trinajstić information content (AvgIpc) is 2.83. The predicted octanol–water partition coefficient (Wildman–Crippen LogP) is 0.773. The van der Waals surface area contributed by atoms with E-state index < -0.39 is 20.5 Å². The lowest BCUT2D eigenvalue weighted by Gasteiger charge is -2.09. The molecule has 100 valence electrons. The van der Waals surface area contributed by atoms with Crippen LogP contribution in [0.2, 0.25) is 0 Å². The molecule has 2 rings (SSSR count). The second-order valence-electron chi connectivity index (χ2n) is 4.35. The fraction of sp³-hybridized carbons (Fsp3) is 0.500. The van der Waals surface area contributed by atoms with E-state index in [1.165, 1.54) is 0 Å². The lowest BCUT2D eigenvalue weighted by Crippen LogP contribution is -2.33. The smallest absolute Gasteiger partial charge is 0.306 e. The van der Waals surface area contributed by atoms with Crippen LogP contribution in [-0.2, 0) is 10.0 Å². The van der Waals surface area contributed by atoms with Crippen LogP contribution in [0, 0.1) is 10.1 Å². The van der Waals surface area contributed by atoms with Crippen LogP contribution in [0.5, 0.6) is 0 Å². The van der Waals surface area contributed by atoms with E-state index in [0.717, 1.165) is 30.2 Å². The summed E-state index contributed by atoms with van der Waals surface area (Å²) in [7, 11) is -3.73. The lowest BCUT2D eigenvalue weighted by molar-refractivity contribution is -0.383. The first-order valence-electron chi connectivity index (χ1n) is 5.06. The number of nitrogen functional groups attached to an aromatic ring is 1. The van der Waals surface area contributed by atoms with Gasteiger partial charge in [0.25, 0.3) is 10.0 Å². The Balaban J connectivity index is 2.36. The van der Waals surface area contributed by atoms with Gasteiger partial charge in [-0.05, 0) is 19.8 Å². The van der Waals surface area contributed by atoms with E-state index in [2.05, 4.69) is 10.1 Å². The molecule has 0 amide bonds. The summed E-state index contributed by atoms with van der Waals surface area (Å²) in [5.41, 5.74) is 1.37. The number of nitrogens with zero attached hydrogens (tertiary/aromatic N) is 1. The molecule has 0 saturated heterocycles. The summed E-state index contributed by atoms with van der Waals surface area (Å²) in [6, 6.07) is 1.01. The molecule has 0 bridgehead atoms. The van der Waals surface area contributed by atoms with Gasteiger partial charge in [-0.2, -0.15) is 0 Å². The normalized spacial score (nSPS) is 17.4. The molecule has 1 aliphatic rings. The molecule has 1 aromatic rings. The van der Waals surface area contributed by atoms with E-state index in [-0.39, 0.29) is 14.9 Å². The number of hydrazine groups is 1. The highest BCUT2D eigenvalue weighted by Gasteiger charge is 2.42. The monoisotopic (exact) mass is 292 g/mol. The van der Waals surface area contributed by atoms with Gasteiger partial charge in [-0.3, -0.25) is 10.1 Å². The van der Waals surface area contributed by atoms with Crippen molar-refractivity contribution in [3.8, 4) is 0 Å². The van der Waals surface area contributed by atoms with Gasteiger partial charge in [-0.15, -0.1) is 0 Å². The first kappa shape index (κ1) is 13.2. The third kappa shape index (κ3) is 2.46. The fourth-order valence-corrected chi connectivity index (χ4v) is 4.10. The maximum Gasteiger partial charge on any atom is 0.306 e. The average molecular weight is 292 g/mol. The van der Waals surface area contributed by atoms with E-state index in [1.54, 1.807) is 6.92 Å². The van der Waals surface area contributed by atoms with Crippen molar-refractivity contribution in [2.24, 2.45) is 5.84 Å². The number of rotatable bonds is 5. The molecule has 0 radical (unpaired) electrons. The molecule has 0 aromatic carbocycles. The molecule has 0 spiro atoms. The molecule has 0 aliphatic heterocycles. The minimum atomic E-state index is -3.73. The first-order valence-corrected chi connectivity index (χ1v) is 7.36. The van der Waals surface area contributed by atoms with Crippen LogP contribution in [0.3, 0.4) is 0 Å².